The molecule has 0 saturated carbocycles. The molecular weight excluding hydrogens is 219 g/mol. The van der Waals surface area contributed by atoms with Gasteiger partial charge in [0.05, 0.1) is 6.10 Å². The lowest BCUT2D eigenvalue weighted by atomic mass is 10.1. The Hall–Kier alpha value is -1.13. The minimum absolute atomic E-state index is 0.0935. The van der Waals surface area contributed by atoms with Crippen LogP contribution >= 0.6 is 0 Å². The summed E-state index contributed by atoms with van der Waals surface area (Å²) < 4.78 is 13.2. The zero-order valence-electron chi connectivity index (χ0n) is 10.3. The second-order valence-electron chi connectivity index (χ2n) is 5.28. The van der Waals surface area contributed by atoms with Gasteiger partial charge in [-0.25, -0.2) is 4.39 Å². The molecule has 3 nitrogen and oxygen atoms in total. The van der Waals surface area contributed by atoms with Gasteiger partial charge in [0.2, 0.25) is 0 Å². The van der Waals surface area contributed by atoms with Crippen LogP contribution < -0.4 is 10.2 Å². The van der Waals surface area contributed by atoms with E-state index in [9.17, 15) is 9.50 Å². The Morgan fingerprint density at radius 1 is 1.47 bits per heavy atom. The number of hydrogen-bond donors (Lipinski definition) is 2. The van der Waals surface area contributed by atoms with Gasteiger partial charge >= 0.3 is 0 Å². The van der Waals surface area contributed by atoms with Gasteiger partial charge in [-0.2, -0.15) is 0 Å². The molecule has 1 atom stereocenters. The average Bonchev–Trinajstić information content (AvgIpc) is 2.38. The standard InChI is InChI=1S/C13H19FN2O/c1-13(2)9-16(8-12(17)7-15-13)11-5-3-4-10(14)6-11/h3-6,12,15,17H,7-9H2,1-2H3. The van der Waals surface area contributed by atoms with Crippen LogP contribution in [-0.4, -0.2) is 36.4 Å². The highest BCUT2D eigenvalue weighted by Crippen LogP contribution is 2.20. The number of hydrogen-bond acceptors (Lipinski definition) is 3. The van der Waals surface area contributed by atoms with E-state index >= 15 is 0 Å². The van der Waals surface area contributed by atoms with Gasteiger partial charge in [0, 0.05) is 30.9 Å². The van der Waals surface area contributed by atoms with Crippen LogP contribution in [0.4, 0.5) is 10.1 Å². The number of nitrogens with zero attached hydrogens (tertiary/aromatic N) is 1. The SMILES string of the molecule is CC1(C)CN(c2cccc(F)c2)CC(O)CN1. The fourth-order valence-corrected chi connectivity index (χ4v) is 2.18. The lowest BCUT2D eigenvalue weighted by Crippen LogP contribution is -2.46. The number of rotatable bonds is 1. The number of halogens is 1. The Kier molecular flexibility index (Phi) is 3.35. The van der Waals surface area contributed by atoms with Gasteiger partial charge in [0.1, 0.15) is 5.82 Å². The van der Waals surface area contributed by atoms with Gasteiger partial charge in [-0.15, -0.1) is 0 Å². The van der Waals surface area contributed by atoms with Crippen molar-refractivity contribution >= 4 is 5.69 Å². The first kappa shape index (κ1) is 12.3. The predicted molar refractivity (Wildman–Crippen MR) is 66.7 cm³/mol. The Labute approximate surface area is 101 Å². The highest BCUT2D eigenvalue weighted by Gasteiger charge is 2.27. The summed E-state index contributed by atoms with van der Waals surface area (Å²) in [5, 5.41) is 13.1. The van der Waals surface area contributed by atoms with Crippen molar-refractivity contribution in [3.8, 4) is 0 Å². The van der Waals surface area contributed by atoms with Crippen molar-refractivity contribution in [3.63, 3.8) is 0 Å². The number of nitrogens with one attached hydrogen (secondary N) is 1. The average molecular weight is 238 g/mol. The van der Waals surface area contributed by atoms with E-state index in [4.69, 9.17) is 0 Å². The summed E-state index contributed by atoms with van der Waals surface area (Å²) in [4.78, 5) is 2.02. The molecule has 1 aliphatic rings. The fraction of sp³-hybridized carbons (Fsp3) is 0.538. The van der Waals surface area contributed by atoms with E-state index in [1.165, 1.54) is 12.1 Å². The molecular formula is C13H19FN2O. The van der Waals surface area contributed by atoms with E-state index in [-0.39, 0.29) is 11.4 Å². The molecule has 0 aliphatic carbocycles. The van der Waals surface area contributed by atoms with Crippen molar-refractivity contribution in [1.29, 1.82) is 0 Å². The Morgan fingerprint density at radius 2 is 2.24 bits per heavy atom. The number of anilines is 1. The molecule has 1 aliphatic heterocycles. The minimum Gasteiger partial charge on any atom is -0.390 e. The molecule has 0 radical (unpaired) electrons. The molecule has 0 aromatic heterocycles. The number of benzene rings is 1. The van der Waals surface area contributed by atoms with Gasteiger partial charge in [-0.05, 0) is 32.0 Å². The maximum Gasteiger partial charge on any atom is 0.125 e. The van der Waals surface area contributed by atoms with Gasteiger partial charge < -0.3 is 15.3 Å². The molecule has 4 heteroatoms. The first-order valence-corrected chi connectivity index (χ1v) is 5.90. The van der Waals surface area contributed by atoms with Gasteiger partial charge in [-0.1, -0.05) is 6.07 Å². The van der Waals surface area contributed by atoms with E-state index in [1.807, 2.05) is 11.0 Å². The lowest BCUT2D eigenvalue weighted by Gasteiger charge is -2.31. The fourth-order valence-electron chi connectivity index (χ4n) is 2.18. The number of aliphatic hydroxyl groups excluding tert-OH is 1. The highest BCUT2D eigenvalue weighted by atomic mass is 19.1. The summed E-state index contributed by atoms with van der Waals surface area (Å²) in [6, 6.07) is 6.51. The Balaban J connectivity index is 2.23. The molecule has 1 heterocycles. The zero-order valence-corrected chi connectivity index (χ0v) is 10.3. The molecule has 1 saturated heterocycles. The van der Waals surface area contributed by atoms with Crippen molar-refractivity contribution in [2.24, 2.45) is 0 Å². The van der Waals surface area contributed by atoms with Gasteiger partial charge in [0.25, 0.3) is 0 Å². The third kappa shape index (κ3) is 3.17. The molecule has 17 heavy (non-hydrogen) atoms. The van der Waals surface area contributed by atoms with Crippen LogP contribution in [0.2, 0.25) is 0 Å². The molecule has 0 spiro atoms. The minimum atomic E-state index is -0.431. The maximum atomic E-state index is 13.2. The van der Waals surface area contributed by atoms with Crippen molar-refractivity contribution in [2.45, 2.75) is 25.5 Å². The predicted octanol–water partition coefficient (Wildman–Crippen LogP) is 1.37. The first-order valence-electron chi connectivity index (χ1n) is 5.90. The first-order chi connectivity index (χ1) is 7.96. The quantitative estimate of drug-likeness (QED) is 0.776. The lowest BCUT2D eigenvalue weighted by molar-refractivity contribution is 0.179. The molecule has 0 amide bonds. The summed E-state index contributed by atoms with van der Waals surface area (Å²) in [7, 11) is 0. The summed E-state index contributed by atoms with van der Waals surface area (Å²) in [6.07, 6.45) is -0.431. The van der Waals surface area contributed by atoms with Crippen LogP contribution in [0.15, 0.2) is 24.3 Å². The molecule has 2 N–H and O–H groups in total. The van der Waals surface area contributed by atoms with E-state index in [2.05, 4.69) is 19.2 Å². The van der Waals surface area contributed by atoms with Crippen LogP contribution in [0.1, 0.15) is 13.8 Å². The third-order valence-electron chi connectivity index (χ3n) is 3.01. The maximum absolute atomic E-state index is 13.2. The van der Waals surface area contributed by atoms with E-state index in [0.717, 1.165) is 12.2 Å². The molecule has 1 aromatic rings. The second kappa shape index (κ2) is 4.63. The largest absolute Gasteiger partial charge is 0.390 e. The summed E-state index contributed by atoms with van der Waals surface area (Å²) in [5.41, 5.74) is 0.727. The van der Waals surface area contributed by atoms with Crippen molar-refractivity contribution in [1.82, 2.24) is 5.32 Å². The van der Waals surface area contributed by atoms with E-state index in [0.29, 0.717) is 13.1 Å². The van der Waals surface area contributed by atoms with Crippen molar-refractivity contribution in [2.75, 3.05) is 24.5 Å². The van der Waals surface area contributed by atoms with Crippen LogP contribution in [-0.2, 0) is 0 Å². The molecule has 94 valence electrons. The summed E-state index contributed by atoms with van der Waals surface area (Å²) >= 11 is 0. The van der Waals surface area contributed by atoms with Crippen molar-refractivity contribution < 1.29 is 9.50 Å². The second-order valence-corrected chi connectivity index (χ2v) is 5.28. The molecule has 2 rings (SSSR count). The molecule has 1 fully saturated rings. The molecule has 1 unspecified atom stereocenters. The van der Waals surface area contributed by atoms with Crippen LogP contribution in [0.25, 0.3) is 0 Å². The van der Waals surface area contributed by atoms with E-state index in [1.54, 1.807) is 6.07 Å². The summed E-state index contributed by atoms with van der Waals surface area (Å²) in [6.45, 7) is 6.00. The zero-order chi connectivity index (χ0) is 12.5. The molecule has 1 aromatic carbocycles. The third-order valence-corrected chi connectivity index (χ3v) is 3.01. The van der Waals surface area contributed by atoms with Crippen LogP contribution in [0.3, 0.4) is 0 Å². The van der Waals surface area contributed by atoms with E-state index < -0.39 is 6.10 Å². The Bertz CT molecular complexity index is 395. The normalized spacial score (nSPS) is 24.5. The van der Waals surface area contributed by atoms with Crippen LogP contribution in [0.5, 0.6) is 0 Å². The Morgan fingerprint density at radius 3 is 2.94 bits per heavy atom. The van der Waals surface area contributed by atoms with Crippen LogP contribution in [0, 0.1) is 5.82 Å². The summed E-state index contributed by atoms with van der Waals surface area (Å²) in [5.74, 6) is -0.244. The number of aliphatic hydroxyl groups is 1. The van der Waals surface area contributed by atoms with Gasteiger partial charge in [-0.3, -0.25) is 0 Å². The smallest absolute Gasteiger partial charge is 0.125 e. The van der Waals surface area contributed by atoms with Gasteiger partial charge in [0.15, 0.2) is 0 Å². The highest BCUT2D eigenvalue weighted by molar-refractivity contribution is 5.47. The van der Waals surface area contributed by atoms with Crippen molar-refractivity contribution in [3.05, 3.63) is 30.1 Å². The monoisotopic (exact) mass is 238 g/mol. The molecule has 0 bridgehead atoms. The number of β-amino-alcohol motifs (C(OH)–C–C–N with tert-alkyl or cyclic N) is 1. The topological polar surface area (TPSA) is 35.5 Å².